The van der Waals surface area contributed by atoms with Crippen molar-refractivity contribution in [3.63, 3.8) is 0 Å². The fraction of sp³-hybridized carbons (Fsp3) is 0.318. The number of anilines is 2. The van der Waals surface area contributed by atoms with Crippen molar-refractivity contribution in [3.05, 3.63) is 54.1 Å². The van der Waals surface area contributed by atoms with Crippen LogP contribution >= 0.6 is 12.2 Å². The highest BCUT2D eigenvalue weighted by Crippen LogP contribution is 2.17. The van der Waals surface area contributed by atoms with E-state index in [1.165, 1.54) is 0 Å². The van der Waals surface area contributed by atoms with Gasteiger partial charge in [-0.25, -0.2) is 0 Å². The van der Waals surface area contributed by atoms with E-state index >= 15 is 0 Å². The number of benzene rings is 2. The van der Waals surface area contributed by atoms with Crippen molar-refractivity contribution in [2.45, 2.75) is 40.2 Å². The lowest BCUT2D eigenvalue weighted by molar-refractivity contribution is -0.118. The standard InChI is InChI=1S/C22H27N3O3S/c1-5-15(4)28-19-8-6-7-16(13-19)21(27)25-22(29)24-18-11-9-17(10-12-18)23-20(26)14(2)3/h6-15H,5H2,1-4H3,(H,23,26)(H2,24,25,27,29). The third-order valence-electron chi connectivity index (χ3n) is 4.17. The summed E-state index contributed by atoms with van der Waals surface area (Å²) in [5.41, 5.74) is 1.86. The lowest BCUT2D eigenvalue weighted by Crippen LogP contribution is -2.34. The van der Waals surface area contributed by atoms with Crippen molar-refractivity contribution in [1.82, 2.24) is 5.32 Å². The van der Waals surface area contributed by atoms with Crippen LogP contribution in [0.2, 0.25) is 0 Å². The van der Waals surface area contributed by atoms with Crippen molar-refractivity contribution < 1.29 is 14.3 Å². The second-order valence-electron chi connectivity index (χ2n) is 6.99. The minimum absolute atomic E-state index is 0.0481. The lowest BCUT2D eigenvalue weighted by atomic mass is 10.2. The molecule has 0 saturated heterocycles. The average Bonchev–Trinajstić information content (AvgIpc) is 2.69. The molecule has 0 aliphatic heterocycles. The van der Waals surface area contributed by atoms with Gasteiger partial charge in [0.2, 0.25) is 5.91 Å². The van der Waals surface area contributed by atoms with E-state index in [9.17, 15) is 9.59 Å². The molecule has 154 valence electrons. The van der Waals surface area contributed by atoms with Gasteiger partial charge in [-0.3, -0.25) is 14.9 Å². The normalized spacial score (nSPS) is 11.5. The summed E-state index contributed by atoms with van der Waals surface area (Å²) in [6.45, 7) is 7.68. The van der Waals surface area contributed by atoms with E-state index in [-0.39, 0.29) is 28.9 Å². The molecule has 29 heavy (non-hydrogen) atoms. The van der Waals surface area contributed by atoms with E-state index < -0.39 is 0 Å². The van der Waals surface area contributed by atoms with Crippen LogP contribution < -0.4 is 20.7 Å². The molecule has 3 N–H and O–H groups in total. The topological polar surface area (TPSA) is 79.5 Å². The highest BCUT2D eigenvalue weighted by atomic mass is 32.1. The van der Waals surface area contributed by atoms with E-state index in [4.69, 9.17) is 17.0 Å². The summed E-state index contributed by atoms with van der Waals surface area (Å²) >= 11 is 5.23. The molecule has 0 aromatic heterocycles. The quantitative estimate of drug-likeness (QED) is 0.579. The largest absolute Gasteiger partial charge is 0.491 e. The third kappa shape index (κ3) is 7.19. The Morgan fingerprint density at radius 3 is 2.21 bits per heavy atom. The van der Waals surface area contributed by atoms with Crippen LogP contribution in [0.4, 0.5) is 11.4 Å². The van der Waals surface area contributed by atoms with Gasteiger partial charge in [-0.2, -0.15) is 0 Å². The van der Waals surface area contributed by atoms with Crippen molar-refractivity contribution in [2.24, 2.45) is 5.92 Å². The second-order valence-corrected chi connectivity index (χ2v) is 7.40. The van der Waals surface area contributed by atoms with E-state index in [2.05, 4.69) is 16.0 Å². The molecule has 2 amide bonds. The predicted molar refractivity (Wildman–Crippen MR) is 120 cm³/mol. The van der Waals surface area contributed by atoms with Crippen LogP contribution in [0, 0.1) is 5.92 Å². The molecule has 1 unspecified atom stereocenters. The molecule has 0 bridgehead atoms. The monoisotopic (exact) mass is 413 g/mol. The Morgan fingerprint density at radius 2 is 1.62 bits per heavy atom. The van der Waals surface area contributed by atoms with E-state index in [1.54, 1.807) is 42.5 Å². The van der Waals surface area contributed by atoms with Gasteiger partial charge in [0.15, 0.2) is 5.11 Å². The van der Waals surface area contributed by atoms with Gasteiger partial charge < -0.3 is 15.4 Å². The zero-order chi connectivity index (χ0) is 21.4. The Labute approximate surface area is 177 Å². The molecule has 0 aliphatic carbocycles. The molecule has 2 aromatic rings. The number of hydrogen-bond donors (Lipinski definition) is 3. The molecular weight excluding hydrogens is 386 g/mol. The van der Waals surface area contributed by atoms with Crippen LogP contribution in [-0.2, 0) is 4.79 Å². The van der Waals surface area contributed by atoms with Gasteiger partial charge in [0, 0.05) is 22.9 Å². The van der Waals surface area contributed by atoms with Crippen LogP contribution in [0.15, 0.2) is 48.5 Å². The van der Waals surface area contributed by atoms with E-state index in [1.807, 2.05) is 33.8 Å². The summed E-state index contributed by atoms with van der Waals surface area (Å²) in [5.74, 6) is 0.181. The van der Waals surface area contributed by atoms with Crippen LogP contribution in [0.25, 0.3) is 0 Å². The van der Waals surface area contributed by atoms with E-state index in [0.29, 0.717) is 22.7 Å². The number of carbonyl (C=O) groups excluding carboxylic acids is 2. The average molecular weight is 414 g/mol. The minimum Gasteiger partial charge on any atom is -0.491 e. The van der Waals surface area contributed by atoms with Gasteiger partial charge >= 0.3 is 0 Å². The van der Waals surface area contributed by atoms with Crippen molar-refractivity contribution in [2.75, 3.05) is 10.6 Å². The molecule has 2 rings (SSSR count). The number of thiocarbonyl (C=S) groups is 1. The molecule has 1 atom stereocenters. The number of ether oxygens (including phenoxy) is 1. The maximum Gasteiger partial charge on any atom is 0.257 e. The SMILES string of the molecule is CCC(C)Oc1cccc(C(=O)NC(=S)Nc2ccc(NC(=O)C(C)C)cc2)c1. The Hall–Kier alpha value is -2.93. The molecule has 0 heterocycles. The van der Waals surface area contributed by atoms with Gasteiger partial charge in [-0.15, -0.1) is 0 Å². The maximum atomic E-state index is 12.5. The fourth-order valence-corrected chi connectivity index (χ4v) is 2.50. The first-order valence-corrected chi connectivity index (χ1v) is 9.99. The Morgan fingerprint density at radius 1 is 1.00 bits per heavy atom. The summed E-state index contributed by atoms with van der Waals surface area (Å²) in [5, 5.41) is 8.61. The summed E-state index contributed by atoms with van der Waals surface area (Å²) < 4.78 is 5.75. The second kappa shape index (κ2) is 10.6. The summed E-state index contributed by atoms with van der Waals surface area (Å²) in [4.78, 5) is 24.2. The van der Waals surface area contributed by atoms with Crippen LogP contribution in [-0.4, -0.2) is 23.0 Å². The molecule has 0 radical (unpaired) electrons. The van der Waals surface area contributed by atoms with Gasteiger partial charge in [0.1, 0.15) is 5.75 Å². The van der Waals surface area contributed by atoms with Gasteiger partial charge in [-0.05, 0) is 68.0 Å². The van der Waals surface area contributed by atoms with Crippen molar-refractivity contribution >= 4 is 40.5 Å². The summed E-state index contributed by atoms with van der Waals surface area (Å²) in [6, 6.07) is 14.1. The minimum atomic E-state index is -0.321. The number of nitrogens with one attached hydrogen (secondary N) is 3. The first kappa shape index (κ1) is 22.4. The number of carbonyl (C=O) groups is 2. The van der Waals surface area contributed by atoms with Crippen LogP contribution in [0.3, 0.4) is 0 Å². The fourth-order valence-electron chi connectivity index (χ4n) is 2.29. The molecule has 0 aliphatic rings. The highest BCUT2D eigenvalue weighted by Gasteiger charge is 2.11. The Kier molecular flexibility index (Phi) is 8.15. The Balaban J connectivity index is 1.92. The van der Waals surface area contributed by atoms with Crippen LogP contribution in [0.1, 0.15) is 44.5 Å². The van der Waals surface area contributed by atoms with Crippen molar-refractivity contribution in [3.8, 4) is 5.75 Å². The number of hydrogen-bond acceptors (Lipinski definition) is 4. The van der Waals surface area contributed by atoms with Gasteiger partial charge in [0.05, 0.1) is 6.10 Å². The zero-order valence-electron chi connectivity index (χ0n) is 17.1. The molecule has 6 nitrogen and oxygen atoms in total. The van der Waals surface area contributed by atoms with Gasteiger partial charge in [0.25, 0.3) is 5.91 Å². The first-order chi connectivity index (χ1) is 13.8. The Bertz CT molecular complexity index is 866. The van der Waals surface area contributed by atoms with Gasteiger partial charge in [-0.1, -0.05) is 26.8 Å². The van der Waals surface area contributed by atoms with E-state index in [0.717, 1.165) is 6.42 Å². The molecule has 0 fully saturated rings. The summed E-state index contributed by atoms with van der Waals surface area (Å²) in [7, 11) is 0. The molecule has 7 heteroatoms. The molecule has 0 spiro atoms. The summed E-state index contributed by atoms with van der Waals surface area (Å²) in [6.07, 6.45) is 0.953. The molecular formula is C22H27N3O3S. The first-order valence-electron chi connectivity index (χ1n) is 9.58. The maximum absolute atomic E-state index is 12.5. The molecule has 2 aromatic carbocycles. The highest BCUT2D eigenvalue weighted by molar-refractivity contribution is 7.80. The molecule has 0 saturated carbocycles. The third-order valence-corrected chi connectivity index (χ3v) is 4.37. The van der Waals surface area contributed by atoms with Crippen LogP contribution in [0.5, 0.6) is 5.75 Å². The predicted octanol–water partition coefficient (Wildman–Crippen LogP) is 4.59. The lowest BCUT2D eigenvalue weighted by Gasteiger charge is -2.14. The smallest absolute Gasteiger partial charge is 0.257 e. The zero-order valence-corrected chi connectivity index (χ0v) is 17.9. The number of rotatable bonds is 7. The van der Waals surface area contributed by atoms with Crippen molar-refractivity contribution in [1.29, 1.82) is 0 Å². The number of amides is 2.